The van der Waals surface area contributed by atoms with E-state index in [1.54, 1.807) is 0 Å². The topological polar surface area (TPSA) is 9.23 Å². The van der Waals surface area contributed by atoms with Crippen molar-refractivity contribution in [3.8, 4) is 5.75 Å². The lowest BCUT2D eigenvalue weighted by molar-refractivity contribution is 0.305. The van der Waals surface area contributed by atoms with Crippen LogP contribution in [0.3, 0.4) is 0 Å². The van der Waals surface area contributed by atoms with Gasteiger partial charge in [0.15, 0.2) is 0 Å². The highest BCUT2D eigenvalue weighted by molar-refractivity contribution is 5.26. The zero-order chi connectivity index (χ0) is 16.2. The summed E-state index contributed by atoms with van der Waals surface area (Å²) in [5.41, 5.74) is 3.94. The van der Waals surface area contributed by atoms with Gasteiger partial charge in [0.2, 0.25) is 0 Å². The van der Waals surface area contributed by atoms with E-state index in [0.717, 1.165) is 12.4 Å². The smallest absolute Gasteiger partial charge is 0.119 e. The van der Waals surface area contributed by atoms with Crippen molar-refractivity contribution in [2.45, 2.75) is 53.4 Å². The quantitative estimate of drug-likeness (QED) is 0.572. The zero-order valence-corrected chi connectivity index (χ0v) is 14.6. The molecule has 0 heterocycles. The van der Waals surface area contributed by atoms with Crippen molar-refractivity contribution in [1.29, 1.82) is 0 Å². The Kier molecular flexibility index (Phi) is 9.06. The summed E-state index contributed by atoms with van der Waals surface area (Å²) in [7, 11) is 0. The second-order valence-electron chi connectivity index (χ2n) is 5.88. The molecule has 0 fully saturated rings. The average molecular weight is 298 g/mol. The fourth-order valence-electron chi connectivity index (χ4n) is 1.99. The Balaban J connectivity index is 0.000000255. The fourth-order valence-corrected chi connectivity index (χ4v) is 1.99. The summed E-state index contributed by atoms with van der Waals surface area (Å²) in [6.07, 6.45) is 5.05. The zero-order valence-electron chi connectivity index (χ0n) is 14.6. The highest BCUT2D eigenvalue weighted by Gasteiger charge is 1.92. The maximum Gasteiger partial charge on any atom is 0.119 e. The molecular weight excluding hydrogens is 268 g/mol. The van der Waals surface area contributed by atoms with Gasteiger partial charge in [-0.1, -0.05) is 79.3 Å². The van der Waals surface area contributed by atoms with Crippen LogP contribution in [-0.2, 0) is 0 Å². The van der Waals surface area contributed by atoms with Crippen LogP contribution >= 0.6 is 0 Å². The molecule has 2 aromatic carbocycles. The summed E-state index contributed by atoms with van der Waals surface area (Å²) in [6.45, 7) is 9.35. The van der Waals surface area contributed by atoms with Gasteiger partial charge >= 0.3 is 0 Å². The van der Waals surface area contributed by atoms with Crippen molar-refractivity contribution in [2.75, 3.05) is 6.61 Å². The van der Waals surface area contributed by atoms with E-state index in [1.165, 1.54) is 42.4 Å². The monoisotopic (exact) mass is 298 g/mol. The van der Waals surface area contributed by atoms with Crippen LogP contribution in [0.2, 0.25) is 0 Å². The van der Waals surface area contributed by atoms with Crippen molar-refractivity contribution in [1.82, 2.24) is 0 Å². The van der Waals surface area contributed by atoms with Crippen LogP contribution in [0.5, 0.6) is 5.75 Å². The van der Waals surface area contributed by atoms with Crippen LogP contribution in [-0.4, -0.2) is 6.61 Å². The Bertz CT molecular complexity index is 475. The first kappa shape index (κ1) is 18.3. The lowest BCUT2D eigenvalue weighted by Crippen LogP contribution is -1.96. The van der Waals surface area contributed by atoms with Crippen LogP contribution in [0.15, 0.2) is 48.5 Å². The molecule has 0 amide bonds. The lowest BCUT2D eigenvalue weighted by Gasteiger charge is -2.05. The predicted octanol–water partition coefficient (Wildman–Crippen LogP) is 6.26. The maximum absolute atomic E-state index is 5.61. The van der Waals surface area contributed by atoms with Gasteiger partial charge in [0.05, 0.1) is 6.61 Å². The number of unbranched alkanes of at least 4 members (excludes halogenated alkanes) is 3. The summed E-state index contributed by atoms with van der Waals surface area (Å²) in [5, 5.41) is 0. The van der Waals surface area contributed by atoms with Crippen LogP contribution in [0.1, 0.15) is 49.3 Å². The van der Waals surface area contributed by atoms with E-state index in [1.807, 2.05) is 12.1 Å². The maximum atomic E-state index is 5.61. The third-order valence-electron chi connectivity index (χ3n) is 3.51. The van der Waals surface area contributed by atoms with Gasteiger partial charge < -0.3 is 4.74 Å². The number of hydrogen-bond donors (Lipinski definition) is 0. The average Bonchev–Trinajstić information content (AvgIpc) is 2.52. The third-order valence-corrected chi connectivity index (χ3v) is 3.51. The van der Waals surface area contributed by atoms with Gasteiger partial charge in [0.25, 0.3) is 0 Å². The number of rotatable bonds is 6. The second-order valence-corrected chi connectivity index (χ2v) is 5.88. The first-order chi connectivity index (χ1) is 10.6. The number of hydrogen-bond acceptors (Lipinski definition) is 1. The van der Waals surface area contributed by atoms with Crippen LogP contribution in [0.4, 0.5) is 0 Å². The van der Waals surface area contributed by atoms with Gasteiger partial charge in [-0.15, -0.1) is 0 Å². The van der Waals surface area contributed by atoms with Crippen molar-refractivity contribution < 1.29 is 4.74 Å². The fraction of sp³-hybridized carbons (Fsp3) is 0.429. The van der Waals surface area contributed by atoms with Gasteiger partial charge in [0.1, 0.15) is 5.75 Å². The minimum atomic E-state index is 0.850. The Hall–Kier alpha value is -1.76. The summed E-state index contributed by atoms with van der Waals surface area (Å²) in [6, 6.07) is 16.7. The molecule has 0 unspecified atom stereocenters. The first-order valence-corrected chi connectivity index (χ1v) is 8.34. The standard InChI is InChI=1S/C13H20O.C8H10/c1-3-4-5-6-11-14-13-9-7-12(2)8-10-13;1-7-3-5-8(2)6-4-7/h7-10H,3-6,11H2,1-2H3;3-6H,1-2H3. The summed E-state index contributed by atoms with van der Waals surface area (Å²) in [5.74, 6) is 0.993. The summed E-state index contributed by atoms with van der Waals surface area (Å²) in [4.78, 5) is 0. The number of aryl methyl sites for hydroxylation is 3. The van der Waals surface area contributed by atoms with Crippen LogP contribution in [0, 0.1) is 20.8 Å². The Morgan fingerprint density at radius 1 is 0.636 bits per heavy atom. The van der Waals surface area contributed by atoms with Gasteiger partial charge in [-0.2, -0.15) is 0 Å². The molecule has 120 valence electrons. The second kappa shape index (κ2) is 10.9. The Labute approximate surface area is 136 Å². The number of ether oxygens (including phenoxy) is 1. The molecule has 0 N–H and O–H groups in total. The van der Waals surface area contributed by atoms with Crippen molar-refractivity contribution in [2.24, 2.45) is 0 Å². The third kappa shape index (κ3) is 8.51. The van der Waals surface area contributed by atoms with Crippen LogP contribution in [0.25, 0.3) is 0 Å². The normalized spacial score (nSPS) is 9.82. The first-order valence-electron chi connectivity index (χ1n) is 8.34. The Morgan fingerprint density at radius 3 is 1.55 bits per heavy atom. The SMILES string of the molecule is CCCCCCOc1ccc(C)cc1.Cc1ccc(C)cc1. The van der Waals surface area contributed by atoms with Crippen LogP contribution < -0.4 is 4.74 Å². The molecule has 0 saturated heterocycles. The minimum absolute atomic E-state index is 0.850. The largest absolute Gasteiger partial charge is 0.494 e. The van der Waals surface area contributed by atoms with E-state index in [2.05, 4.69) is 64.1 Å². The van der Waals surface area contributed by atoms with E-state index >= 15 is 0 Å². The van der Waals surface area contributed by atoms with Gasteiger partial charge in [-0.05, 0) is 39.3 Å². The van der Waals surface area contributed by atoms with Crippen molar-refractivity contribution in [3.05, 3.63) is 65.2 Å². The molecule has 2 aromatic rings. The lowest BCUT2D eigenvalue weighted by atomic mass is 10.2. The number of benzene rings is 2. The van der Waals surface area contributed by atoms with Crippen molar-refractivity contribution >= 4 is 0 Å². The highest BCUT2D eigenvalue weighted by atomic mass is 16.5. The molecule has 2 rings (SSSR count). The molecule has 0 aliphatic carbocycles. The molecule has 0 aliphatic heterocycles. The molecule has 0 spiro atoms. The minimum Gasteiger partial charge on any atom is -0.494 e. The van der Waals surface area contributed by atoms with E-state index in [-0.39, 0.29) is 0 Å². The summed E-state index contributed by atoms with van der Waals surface area (Å²) < 4.78 is 5.61. The predicted molar refractivity (Wildman–Crippen MR) is 96.7 cm³/mol. The Morgan fingerprint density at radius 2 is 1.09 bits per heavy atom. The van der Waals surface area contributed by atoms with Gasteiger partial charge in [-0.3, -0.25) is 0 Å². The molecule has 1 nitrogen and oxygen atoms in total. The van der Waals surface area contributed by atoms with E-state index in [4.69, 9.17) is 4.74 Å². The van der Waals surface area contributed by atoms with E-state index in [9.17, 15) is 0 Å². The van der Waals surface area contributed by atoms with Crippen molar-refractivity contribution in [3.63, 3.8) is 0 Å². The van der Waals surface area contributed by atoms with Gasteiger partial charge in [-0.25, -0.2) is 0 Å². The van der Waals surface area contributed by atoms with Gasteiger partial charge in [0, 0.05) is 0 Å². The molecule has 1 heteroatoms. The molecule has 0 aliphatic rings. The molecule has 0 bridgehead atoms. The molecule has 22 heavy (non-hydrogen) atoms. The highest BCUT2D eigenvalue weighted by Crippen LogP contribution is 2.12. The van der Waals surface area contributed by atoms with E-state index in [0.29, 0.717) is 0 Å². The summed E-state index contributed by atoms with van der Waals surface area (Å²) >= 11 is 0. The molecular formula is C21H30O. The molecule has 0 atom stereocenters. The van der Waals surface area contributed by atoms with E-state index < -0.39 is 0 Å². The molecule has 0 saturated carbocycles. The molecule has 0 radical (unpaired) electrons. The molecule has 0 aromatic heterocycles.